The molecule has 4 rings (SSSR count). The standard InChI is InChI=1S/C31H37F2N3O3.CH4O/c1-4-6-27(22-7-9-23(10-8-22)29(38)34-15-5-16-37)36-30(39)28(24-17-25(32)19-26(33)18-24)35-31(36)13-11-21(12-14-31)20(2)3;1-2/h7-10,16-21,27H,4-6,11-15H2,1-3H3,(H,34,38);2H,1H3. The van der Waals surface area contributed by atoms with Gasteiger partial charge in [-0.05, 0) is 73.8 Å². The maximum Gasteiger partial charge on any atom is 0.275 e. The second kappa shape index (κ2) is 14.4. The van der Waals surface area contributed by atoms with Gasteiger partial charge in [0.05, 0.1) is 6.04 Å². The third-order valence-electron chi connectivity index (χ3n) is 8.08. The van der Waals surface area contributed by atoms with Crippen molar-refractivity contribution in [2.24, 2.45) is 16.8 Å². The topological polar surface area (TPSA) is 99.1 Å². The van der Waals surface area contributed by atoms with E-state index in [-0.39, 0.29) is 42.1 Å². The van der Waals surface area contributed by atoms with Crippen molar-refractivity contribution in [2.45, 2.75) is 77.4 Å². The van der Waals surface area contributed by atoms with E-state index in [9.17, 15) is 23.2 Å². The SMILES string of the molecule is CCCC(c1ccc(C(=O)NCCC=O)cc1)N1C(=O)C(c2cc(F)cc(F)c2)=NC12CCC(C(C)C)CC2.CO. The molecule has 2 amide bonds. The largest absolute Gasteiger partial charge is 0.400 e. The first-order valence-electron chi connectivity index (χ1n) is 14.4. The highest BCUT2D eigenvalue weighted by atomic mass is 19.1. The summed E-state index contributed by atoms with van der Waals surface area (Å²) in [6, 6.07) is 9.98. The lowest BCUT2D eigenvalue weighted by molar-refractivity contribution is -0.133. The highest BCUT2D eigenvalue weighted by Crippen LogP contribution is 2.48. The average Bonchev–Trinajstić information content (AvgIpc) is 3.23. The number of carbonyl (C=O) groups excluding carboxylic acids is 3. The van der Waals surface area contributed by atoms with Crippen molar-refractivity contribution in [3.63, 3.8) is 0 Å². The van der Waals surface area contributed by atoms with Gasteiger partial charge >= 0.3 is 0 Å². The van der Waals surface area contributed by atoms with Gasteiger partial charge in [0.1, 0.15) is 29.3 Å². The number of nitrogens with zero attached hydrogens (tertiary/aromatic N) is 2. The summed E-state index contributed by atoms with van der Waals surface area (Å²) >= 11 is 0. The Morgan fingerprint density at radius 3 is 2.27 bits per heavy atom. The Morgan fingerprint density at radius 1 is 1.12 bits per heavy atom. The second-order valence-corrected chi connectivity index (χ2v) is 11.0. The fourth-order valence-corrected chi connectivity index (χ4v) is 5.97. The molecule has 1 heterocycles. The molecule has 2 aromatic carbocycles. The van der Waals surface area contributed by atoms with E-state index < -0.39 is 17.3 Å². The zero-order valence-electron chi connectivity index (χ0n) is 24.3. The van der Waals surface area contributed by atoms with Crippen molar-refractivity contribution < 1.29 is 28.3 Å². The fourth-order valence-electron chi connectivity index (χ4n) is 5.97. The van der Waals surface area contributed by atoms with Gasteiger partial charge in [-0.15, -0.1) is 0 Å². The Balaban J connectivity index is 0.00000226. The minimum Gasteiger partial charge on any atom is -0.400 e. The summed E-state index contributed by atoms with van der Waals surface area (Å²) < 4.78 is 28.3. The number of benzene rings is 2. The van der Waals surface area contributed by atoms with Crippen LogP contribution in [-0.4, -0.2) is 53.1 Å². The molecule has 1 unspecified atom stereocenters. The Bertz CT molecular complexity index is 1220. The summed E-state index contributed by atoms with van der Waals surface area (Å²) in [7, 11) is 1.00. The molecule has 0 aromatic heterocycles. The van der Waals surface area contributed by atoms with E-state index >= 15 is 0 Å². The van der Waals surface area contributed by atoms with Gasteiger partial charge in [0.25, 0.3) is 11.8 Å². The summed E-state index contributed by atoms with van der Waals surface area (Å²) in [5.41, 5.74) is 0.811. The molecule has 2 aliphatic rings. The molecule has 41 heavy (non-hydrogen) atoms. The number of amides is 2. The molecular formula is C32H41F2N3O4. The van der Waals surface area contributed by atoms with Crippen LogP contribution >= 0.6 is 0 Å². The number of hydrogen-bond donors (Lipinski definition) is 2. The quantitative estimate of drug-likeness (QED) is 0.287. The van der Waals surface area contributed by atoms with Gasteiger partial charge in [0.15, 0.2) is 0 Å². The van der Waals surface area contributed by atoms with Gasteiger partial charge in [-0.1, -0.05) is 39.3 Å². The van der Waals surface area contributed by atoms with Crippen LogP contribution in [0.4, 0.5) is 8.78 Å². The van der Waals surface area contributed by atoms with Gasteiger partial charge in [0.2, 0.25) is 0 Å². The molecule has 1 spiro atoms. The normalized spacial score (nSPS) is 20.9. The number of nitrogens with one attached hydrogen (secondary N) is 1. The van der Waals surface area contributed by atoms with E-state index in [0.717, 1.165) is 44.3 Å². The van der Waals surface area contributed by atoms with Crippen LogP contribution in [0.3, 0.4) is 0 Å². The molecule has 9 heteroatoms. The van der Waals surface area contributed by atoms with E-state index in [4.69, 9.17) is 10.1 Å². The van der Waals surface area contributed by atoms with Gasteiger partial charge in [-0.25, -0.2) is 8.78 Å². The molecule has 1 aliphatic carbocycles. The zero-order valence-corrected chi connectivity index (χ0v) is 24.3. The number of aliphatic hydroxyl groups excluding tert-OH is 1. The van der Waals surface area contributed by atoms with E-state index in [1.807, 2.05) is 17.0 Å². The Labute approximate surface area is 241 Å². The van der Waals surface area contributed by atoms with Gasteiger partial charge in [-0.2, -0.15) is 0 Å². The highest BCUT2D eigenvalue weighted by molar-refractivity contribution is 6.46. The molecule has 0 saturated heterocycles. The number of aldehydes is 1. The number of carbonyl (C=O) groups is 3. The van der Waals surface area contributed by atoms with E-state index in [1.165, 1.54) is 12.1 Å². The monoisotopic (exact) mass is 569 g/mol. The minimum atomic E-state index is -0.786. The van der Waals surface area contributed by atoms with Gasteiger partial charge < -0.3 is 20.1 Å². The highest BCUT2D eigenvalue weighted by Gasteiger charge is 2.52. The van der Waals surface area contributed by atoms with Crippen molar-refractivity contribution in [2.75, 3.05) is 13.7 Å². The van der Waals surface area contributed by atoms with Crippen LogP contribution in [0.2, 0.25) is 0 Å². The molecule has 0 radical (unpaired) electrons. The molecule has 0 bridgehead atoms. The predicted molar refractivity (Wildman–Crippen MR) is 155 cm³/mol. The lowest BCUT2D eigenvalue weighted by Gasteiger charge is -2.46. The number of rotatable bonds is 10. The van der Waals surface area contributed by atoms with Crippen LogP contribution in [0.25, 0.3) is 0 Å². The predicted octanol–water partition coefficient (Wildman–Crippen LogP) is 5.61. The summed E-state index contributed by atoms with van der Waals surface area (Å²) in [4.78, 5) is 43.9. The van der Waals surface area contributed by atoms with Crippen molar-refractivity contribution >= 4 is 23.8 Å². The second-order valence-electron chi connectivity index (χ2n) is 11.0. The smallest absolute Gasteiger partial charge is 0.275 e. The van der Waals surface area contributed by atoms with Crippen LogP contribution in [0.15, 0.2) is 47.5 Å². The Kier molecular flexibility index (Phi) is 11.3. The first-order valence-corrected chi connectivity index (χ1v) is 14.4. The Hall–Kier alpha value is -3.46. The molecule has 1 atom stereocenters. The molecule has 222 valence electrons. The van der Waals surface area contributed by atoms with Crippen LogP contribution in [-0.2, 0) is 9.59 Å². The summed E-state index contributed by atoms with van der Waals surface area (Å²) in [5.74, 6) is -1.04. The summed E-state index contributed by atoms with van der Waals surface area (Å²) in [5, 5.41) is 9.71. The summed E-state index contributed by atoms with van der Waals surface area (Å²) in [6.07, 6.45) is 5.66. The van der Waals surface area contributed by atoms with Crippen LogP contribution in [0, 0.1) is 23.5 Å². The third-order valence-corrected chi connectivity index (χ3v) is 8.08. The molecule has 2 aromatic rings. The minimum absolute atomic E-state index is 0.101. The first kappa shape index (κ1) is 32.1. The average molecular weight is 570 g/mol. The van der Waals surface area contributed by atoms with Crippen molar-refractivity contribution in [3.8, 4) is 0 Å². The Morgan fingerprint density at radius 2 is 1.73 bits per heavy atom. The fraction of sp³-hybridized carbons (Fsp3) is 0.500. The van der Waals surface area contributed by atoms with E-state index in [0.29, 0.717) is 36.7 Å². The number of aliphatic hydroxyl groups is 1. The molecule has 1 saturated carbocycles. The molecular weight excluding hydrogens is 528 g/mol. The van der Waals surface area contributed by atoms with E-state index in [2.05, 4.69) is 26.1 Å². The molecule has 1 fully saturated rings. The van der Waals surface area contributed by atoms with Gasteiger partial charge in [-0.3, -0.25) is 14.6 Å². The van der Waals surface area contributed by atoms with Crippen LogP contribution < -0.4 is 5.32 Å². The first-order chi connectivity index (χ1) is 19.7. The third kappa shape index (κ3) is 7.25. The number of aliphatic imine (C=N–C) groups is 1. The van der Waals surface area contributed by atoms with Crippen LogP contribution in [0.5, 0.6) is 0 Å². The lowest BCUT2D eigenvalue weighted by Crippen LogP contribution is -2.51. The molecule has 2 N–H and O–H groups in total. The van der Waals surface area contributed by atoms with Crippen LogP contribution in [0.1, 0.15) is 93.2 Å². The maximum absolute atomic E-state index is 14.2. The van der Waals surface area contributed by atoms with Crippen molar-refractivity contribution in [1.82, 2.24) is 10.2 Å². The van der Waals surface area contributed by atoms with E-state index in [1.54, 1.807) is 12.1 Å². The maximum atomic E-state index is 14.2. The number of hydrogen-bond acceptors (Lipinski definition) is 5. The van der Waals surface area contributed by atoms with Gasteiger partial charge in [0, 0.05) is 37.3 Å². The lowest BCUT2D eigenvalue weighted by atomic mass is 9.76. The van der Waals surface area contributed by atoms with Crippen molar-refractivity contribution in [1.29, 1.82) is 0 Å². The molecule has 1 aliphatic heterocycles. The number of halogens is 2. The zero-order chi connectivity index (χ0) is 30.2. The molecule has 7 nitrogen and oxygen atoms in total. The summed E-state index contributed by atoms with van der Waals surface area (Å²) in [6.45, 7) is 6.74. The van der Waals surface area contributed by atoms with Crippen molar-refractivity contribution in [3.05, 3.63) is 70.8 Å².